The lowest BCUT2D eigenvalue weighted by atomic mass is 10.4. The quantitative estimate of drug-likeness (QED) is 0.501. The molecule has 0 aromatic heterocycles. The van der Waals surface area contributed by atoms with E-state index in [1.165, 1.54) is 0 Å². The van der Waals surface area contributed by atoms with Gasteiger partial charge in [-0.05, 0) is 0 Å². The van der Waals surface area contributed by atoms with Gasteiger partial charge in [-0.2, -0.15) is 0 Å². The summed E-state index contributed by atoms with van der Waals surface area (Å²) in [5.74, 6) is 0.479. The van der Waals surface area contributed by atoms with Crippen LogP contribution < -0.4 is 5.64 Å². The van der Waals surface area contributed by atoms with Crippen LogP contribution >= 0.6 is 11.6 Å². The summed E-state index contributed by atoms with van der Waals surface area (Å²) in [6.45, 7) is 0.545. The molecule has 0 amide bonds. The van der Waals surface area contributed by atoms with Crippen LogP contribution in [0.25, 0.3) is 0 Å². The standard InChI is InChI=1S/C3H6ClNO2/c4-1-3-2-6-5-7-3/h3,5H,1-2H2. The average molecular weight is 124 g/mol. The Morgan fingerprint density at radius 1 is 1.86 bits per heavy atom. The molecule has 0 aliphatic carbocycles. The van der Waals surface area contributed by atoms with Crippen LogP contribution in [0, 0.1) is 0 Å². The minimum absolute atomic E-state index is 0.0293. The fraction of sp³-hybridized carbons (Fsp3) is 1.00. The largest absolute Gasteiger partial charge is 0.274 e. The molecule has 0 saturated carbocycles. The van der Waals surface area contributed by atoms with Gasteiger partial charge in [0.15, 0.2) is 0 Å². The third-order valence-electron chi connectivity index (χ3n) is 0.715. The van der Waals surface area contributed by atoms with E-state index in [-0.39, 0.29) is 6.10 Å². The van der Waals surface area contributed by atoms with Crippen molar-refractivity contribution >= 4 is 11.6 Å². The Hall–Kier alpha value is 0.170. The van der Waals surface area contributed by atoms with E-state index in [0.29, 0.717) is 12.5 Å². The predicted molar refractivity (Wildman–Crippen MR) is 24.7 cm³/mol. The topological polar surface area (TPSA) is 30.5 Å². The predicted octanol–water partition coefficient (Wildman–Crippen LogP) is 0.0602. The molecule has 7 heavy (non-hydrogen) atoms. The molecule has 42 valence electrons. The molecular formula is C3H6ClNO2. The highest BCUT2D eigenvalue weighted by Gasteiger charge is 2.13. The molecule has 0 bridgehead atoms. The summed E-state index contributed by atoms with van der Waals surface area (Å²) >= 11 is 5.36. The third kappa shape index (κ3) is 1.28. The number of halogens is 1. The second kappa shape index (κ2) is 2.47. The zero-order valence-electron chi connectivity index (χ0n) is 3.69. The molecule has 3 nitrogen and oxygen atoms in total. The summed E-state index contributed by atoms with van der Waals surface area (Å²) in [6.07, 6.45) is 0.0293. The van der Waals surface area contributed by atoms with E-state index in [1.807, 2.05) is 0 Å². The molecule has 1 N–H and O–H groups in total. The highest BCUT2D eigenvalue weighted by atomic mass is 35.5. The average Bonchev–Trinajstić information content (AvgIpc) is 2.14. The Bertz CT molecular complexity index is 54.9. The van der Waals surface area contributed by atoms with Gasteiger partial charge in [0.05, 0.1) is 5.88 Å². The van der Waals surface area contributed by atoms with Crippen LogP contribution in [0.5, 0.6) is 0 Å². The van der Waals surface area contributed by atoms with E-state index in [0.717, 1.165) is 0 Å². The highest BCUT2D eigenvalue weighted by Crippen LogP contribution is 1.98. The molecule has 1 rings (SSSR count). The molecule has 1 unspecified atom stereocenters. The van der Waals surface area contributed by atoms with Crippen molar-refractivity contribution in [3.63, 3.8) is 0 Å². The van der Waals surface area contributed by atoms with Crippen molar-refractivity contribution in [3.05, 3.63) is 0 Å². The van der Waals surface area contributed by atoms with Crippen LogP contribution in [0.15, 0.2) is 0 Å². The molecule has 0 radical (unpaired) electrons. The van der Waals surface area contributed by atoms with Crippen molar-refractivity contribution in [1.82, 2.24) is 5.64 Å². The van der Waals surface area contributed by atoms with Gasteiger partial charge in [-0.3, -0.25) is 9.68 Å². The molecule has 1 fully saturated rings. The van der Waals surface area contributed by atoms with Crippen molar-refractivity contribution in [1.29, 1.82) is 0 Å². The van der Waals surface area contributed by atoms with Gasteiger partial charge in [0.25, 0.3) is 0 Å². The van der Waals surface area contributed by atoms with Crippen LogP contribution in [0.2, 0.25) is 0 Å². The molecule has 1 atom stereocenters. The molecule has 4 heteroatoms. The van der Waals surface area contributed by atoms with E-state index in [1.54, 1.807) is 0 Å². The van der Waals surface area contributed by atoms with Gasteiger partial charge in [0.2, 0.25) is 0 Å². The van der Waals surface area contributed by atoms with Crippen LogP contribution in [0.1, 0.15) is 0 Å². The van der Waals surface area contributed by atoms with Crippen molar-refractivity contribution < 1.29 is 9.68 Å². The second-order valence-electron chi connectivity index (χ2n) is 1.29. The fourth-order valence-corrected chi connectivity index (χ4v) is 0.491. The Labute approximate surface area is 46.5 Å². The zero-order valence-corrected chi connectivity index (χ0v) is 4.44. The molecule has 1 heterocycles. The number of rotatable bonds is 1. The summed E-state index contributed by atoms with van der Waals surface area (Å²) in [7, 11) is 0. The molecular weight excluding hydrogens is 117 g/mol. The first-order valence-corrected chi connectivity index (χ1v) is 2.55. The maximum atomic E-state index is 5.36. The van der Waals surface area contributed by atoms with Gasteiger partial charge in [-0.15, -0.1) is 11.6 Å². The fourth-order valence-electron chi connectivity index (χ4n) is 0.339. The van der Waals surface area contributed by atoms with Gasteiger partial charge >= 0.3 is 0 Å². The Kier molecular flexibility index (Phi) is 1.87. The third-order valence-corrected chi connectivity index (χ3v) is 1.06. The van der Waals surface area contributed by atoms with Crippen LogP contribution in [-0.4, -0.2) is 18.6 Å². The van der Waals surface area contributed by atoms with Gasteiger partial charge in [-0.1, -0.05) is 5.64 Å². The number of hydrogen-bond acceptors (Lipinski definition) is 3. The lowest BCUT2D eigenvalue weighted by Gasteiger charge is -1.94. The molecule has 1 saturated heterocycles. The van der Waals surface area contributed by atoms with E-state index in [2.05, 4.69) is 10.5 Å². The first-order valence-electron chi connectivity index (χ1n) is 2.02. The Morgan fingerprint density at radius 2 is 2.71 bits per heavy atom. The second-order valence-corrected chi connectivity index (χ2v) is 1.60. The molecule has 0 spiro atoms. The van der Waals surface area contributed by atoms with Crippen LogP contribution in [0.3, 0.4) is 0 Å². The zero-order chi connectivity index (χ0) is 5.11. The van der Waals surface area contributed by atoms with Crippen molar-refractivity contribution in [3.8, 4) is 0 Å². The minimum atomic E-state index is 0.0293. The lowest BCUT2D eigenvalue weighted by Crippen LogP contribution is -2.12. The monoisotopic (exact) mass is 123 g/mol. The van der Waals surface area contributed by atoms with Gasteiger partial charge < -0.3 is 0 Å². The van der Waals surface area contributed by atoms with Crippen LogP contribution in [-0.2, 0) is 9.68 Å². The number of hydrogen-bond donors (Lipinski definition) is 1. The summed E-state index contributed by atoms with van der Waals surface area (Å²) in [5.41, 5.74) is 2.24. The maximum absolute atomic E-state index is 5.36. The summed E-state index contributed by atoms with van der Waals surface area (Å²) in [5, 5.41) is 0. The van der Waals surface area contributed by atoms with Crippen molar-refractivity contribution in [2.75, 3.05) is 12.5 Å². The Morgan fingerprint density at radius 3 is 3.00 bits per heavy atom. The van der Waals surface area contributed by atoms with Crippen molar-refractivity contribution in [2.24, 2.45) is 0 Å². The van der Waals surface area contributed by atoms with Crippen LogP contribution in [0.4, 0.5) is 0 Å². The first-order chi connectivity index (χ1) is 3.43. The molecule has 0 aromatic rings. The smallest absolute Gasteiger partial charge is 0.121 e. The van der Waals surface area contributed by atoms with Gasteiger partial charge in [0.1, 0.15) is 12.7 Å². The lowest BCUT2D eigenvalue weighted by molar-refractivity contribution is -0.0805. The Balaban J connectivity index is 2.14. The van der Waals surface area contributed by atoms with Crippen molar-refractivity contribution in [2.45, 2.75) is 6.10 Å². The number of alkyl halides is 1. The van der Waals surface area contributed by atoms with E-state index in [4.69, 9.17) is 16.4 Å². The molecule has 1 aliphatic heterocycles. The van der Waals surface area contributed by atoms with E-state index >= 15 is 0 Å². The van der Waals surface area contributed by atoms with E-state index in [9.17, 15) is 0 Å². The minimum Gasteiger partial charge on any atom is -0.274 e. The highest BCUT2D eigenvalue weighted by molar-refractivity contribution is 6.18. The summed E-state index contributed by atoms with van der Waals surface area (Å²) in [6, 6.07) is 0. The summed E-state index contributed by atoms with van der Waals surface area (Å²) in [4.78, 5) is 9.29. The van der Waals surface area contributed by atoms with Gasteiger partial charge in [-0.25, -0.2) is 0 Å². The van der Waals surface area contributed by atoms with E-state index < -0.39 is 0 Å². The normalized spacial score (nSPS) is 31.3. The number of nitrogens with one attached hydrogen (secondary N) is 1. The molecule has 1 aliphatic rings. The SMILES string of the molecule is ClCC1CONO1. The first kappa shape index (κ1) is 5.31. The maximum Gasteiger partial charge on any atom is 0.121 e. The molecule has 0 aromatic carbocycles. The summed E-state index contributed by atoms with van der Waals surface area (Å²) < 4.78 is 0. The van der Waals surface area contributed by atoms with Gasteiger partial charge in [0, 0.05) is 0 Å².